The average Bonchev–Trinajstić information content (AvgIpc) is 3.03. The predicted molar refractivity (Wildman–Crippen MR) is 157 cm³/mol. The number of benzene rings is 2. The topological polar surface area (TPSA) is 154 Å². The third-order valence-corrected chi connectivity index (χ3v) is 6.66. The van der Waals surface area contributed by atoms with Crippen molar-refractivity contribution in [2.45, 2.75) is 13.1 Å². The summed E-state index contributed by atoms with van der Waals surface area (Å²) in [5, 5.41) is -0.563. The van der Waals surface area contributed by atoms with Crippen molar-refractivity contribution in [3.8, 4) is 11.5 Å². The zero-order valence-corrected chi connectivity index (χ0v) is 23.3. The van der Waals surface area contributed by atoms with Crippen LogP contribution < -0.4 is 31.4 Å². The maximum Gasteiger partial charge on any atom is 0.264 e. The number of nitrogens with zero attached hydrogens (tertiary/aromatic N) is 4. The highest BCUT2D eigenvalue weighted by molar-refractivity contribution is 5.74. The maximum absolute atomic E-state index is 13.8. The van der Waals surface area contributed by atoms with Gasteiger partial charge in [0.15, 0.2) is 22.9 Å². The average molecular weight is 603 g/mol. The highest BCUT2D eigenvalue weighted by Gasteiger charge is 2.14. The Kier molecular flexibility index (Phi) is 8.42. The Balaban J connectivity index is 0.000000175. The first-order chi connectivity index (χ1) is 21.2. The molecule has 14 heteroatoms. The van der Waals surface area contributed by atoms with Crippen molar-refractivity contribution in [1.29, 1.82) is 0 Å². The minimum absolute atomic E-state index is 0.144. The molecule has 0 spiro atoms. The van der Waals surface area contributed by atoms with Crippen LogP contribution in [0.1, 0.15) is 11.1 Å². The summed E-state index contributed by atoms with van der Waals surface area (Å²) in [6.45, 7) is 0.544. The predicted octanol–water partition coefficient (Wildman–Crippen LogP) is 2.56. The van der Waals surface area contributed by atoms with Crippen molar-refractivity contribution >= 4 is 22.1 Å². The van der Waals surface area contributed by atoms with Crippen molar-refractivity contribution in [3.63, 3.8) is 0 Å². The van der Waals surface area contributed by atoms with Gasteiger partial charge in [0, 0.05) is 25.5 Å². The lowest BCUT2D eigenvalue weighted by atomic mass is 10.2. The first kappa shape index (κ1) is 29.6. The van der Waals surface area contributed by atoms with E-state index in [1.165, 1.54) is 21.8 Å². The third-order valence-electron chi connectivity index (χ3n) is 6.66. The molecule has 0 unspecified atom stereocenters. The van der Waals surface area contributed by atoms with Crippen molar-refractivity contribution in [3.05, 3.63) is 137 Å². The number of aromatic amines is 2. The highest BCUT2D eigenvalue weighted by Crippen LogP contribution is 2.15. The molecule has 2 N–H and O–H groups in total. The lowest BCUT2D eigenvalue weighted by Gasteiger charge is -2.10. The van der Waals surface area contributed by atoms with Crippen LogP contribution in [0.4, 0.5) is 8.78 Å². The number of H-pyrrole nitrogens is 2. The van der Waals surface area contributed by atoms with Gasteiger partial charge in [0.05, 0.1) is 26.9 Å². The van der Waals surface area contributed by atoms with E-state index in [2.05, 4.69) is 19.9 Å². The summed E-state index contributed by atoms with van der Waals surface area (Å²) in [6, 6.07) is 14.4. The molecular formula is C30H24F2N6O6. The lowest BCUT2D eigenvalue weighted by molar-refractivity contribution is 0.414. The molecule has 0 aliphatic heterocycles. The molecule has 0 radical (unpaired) electrons. The number of hydrogen-bond acceptors (Lipinski definition) is 8. The second-order valence-corrected chi connectivity index (χ2v) is 9.42. The molecule has 44 heavy (non-hydrogen) atoms. The molecule has 0 fully saturated rings. The van der Waals surface area contributed by atoms with Crippen LogP contribution in [0.3, 0.4) is 0 Å². The number of halogens is 2. The number of ether oxygens (including phenoxy) is 2. The van der Waals surface area contributed by atoms with Gasteiger partial charge in [-0.1, -0.05) is 24.3 Å². The third kappa shape index (κ3) is 5.99. The number of aromatic nitrogens is 6. The Hall–Kier alpha value is -5.92. The molecular weight excluding hydrogens is 578 g/mol. The fourth-order valence-corrected chi connectivity index (χ4v) is 4.47. The summed E-state index contributed by atoms with van der Waals surface area (Å²) in [5.41, 5.74) is -1.21. The number of fused-ring (bicyclic) bond motifs is 2. The van der Waals surface area contributed by atoms with Gasteiger partial charge in [-0.15, -0.1) is 0 Å². The SMILES string of the molecule is COc1ccc(Cn2cc(F)c(=O)c3c(=O)[nH]cnc32)cc1.COc1ccc(Cn2cc(F)c(=O)c3c(=O)[nH]cnc32)cc1. The molecule has 12 nitrogen and oxygen atoms in total. The van der Waals surface area contributed by atoms with E-state index in [0.717, 1.165) is 23.5 Å². The smallest absolute Gasteiger partial charge is 0.264 e. The van der Waals surface area contributed by atoms with Crippen LogP contribution >= 0.6 is 0 Å². The van der Waals surface area contributed by atoms with Gasteiger partial charge in [-0.3, -0.25) is 19.2 Å². The summed E-state index contributed by atoms with van der Waals surface area (Å²) in [5.74, 6) is -0.567. The Morgan fingerprint density at radius 1 is 0.636 bits per heavy atom. The molecule has 0 saturated heterocycles. The van der Waals surface area contributed by atoms with Crippen molar-refractivity contribution in [2.24, 2.45) is 0 Å². The number of rotatable bonds is 6. The van der Waals surface area contributed by atoms with E-state index < -0.39 is 33.6 Å². The number of hydrogen-bond donors (Lipinski definition) is 2. The summed E-state index contributed by atoms with van der Waals surface area (Å²) < 4.78 is 40.6. The van der Waals surface area contributed by atoms with E-state index in [1.807, 2.05) is 24.3 Å². The second kappa shape index (κ2) is 12.5. The molecule has 0 bridgehead atoms. The van der Waals surface area contributed by atoms with Crippen LogP contribution in [0.25, 0.3) is 22.1 Å². The Labute approximate surface area is 245 Å². The van der Waals surface area contributed by atoms with Gasteiger partial charge < -0.3 is 28.6 Å². The largest absolute Gasteiger partial charge is 0.497 e. The van der Waals surface area contributed by atoms with Crippen molar-refractivity contribution in [1.82, 2.24) is 29.1 Å². The van der Waals surface area contributed by atoms with Crippen LogP contribution in [-0.2, 0) is 13.1 Å². The van der Waals surface area contributed by atoms with E-state index in [4.69, 9.17) is 9.47 Å². The Morgan fingerprint density at radius 2 is 1.00 bits per heavy atom. The van der Waals surface area contributed by atoms with Crippen molar-refractivity contribution in [2.75, 3.05) is 14.2 Å². The molecule has 0 atom stereocenters. The zero-order valence-electron chi connectivity index (χ0n) is 23.3. The standard InChI is InChI=1S/2C15H12FN3O3/c2*1-22-10-4-2-9(3-5-10)6-19-7-11(16)13(20)12-14(19)17-8-18-15(12)21/h2*2-5,7-8H,6H2,1H3,(H,17,18,21). The molecule has 6 aromatic rings. The van der Waals surface area contributed by atoms with Gasteiger partial charge in [0.2, 0.25) is 10.9 Å². The zero-order chi connectivity index (χ0) is 31.4. The number of methoxy groups -OCH3 is 2. The number of nitrogens with one attached hydrogen (secondary N) is 2. The molecule has 4 aromatic heterocycles. The van der Waals surface area contributed by atoms with E-state index in [1.54, 1.807) is 38.5 Å². The Bertz CT molecular complexity index is 2050. The first-order valence-corrected chi connectivity index (χ1v) is 13.0. The summed E-state index contributed by atoms with van der Waals surface area (Å²) in [6.07, 6.45) is 4.49. The highest BCUT2D eigenvalue weighted by atomic mass is 19.1. The minimum Gasteiger partial charge on any atom is -0.497 e. The summed E-state index contributed by atoms with van der Waals surface area (Å²) in [7, 11) is 3.13. The quantitative estimate of drug-likeness (QED) is 0.295. The monoisotopic (exact) mass is 602 g/mol. The van der Waals surface area contributed by atoms with Gasteiger partial charge in [0.1, 0.15) is 22.3 Å². The van der Waals surface area contributed by atoms with Gasteiger partial charge in [-0.2, -0.15) is 0 Å². The fourth-order valence-electron chi connectivity index (χ4n) is 4.47. The molecule has 0 saturated carbocycles. The van der Waals surface area contributed by atoms with Crippen LogP contribution in [0.2, 0.25) is 0 Å². The fraction of sp³-hybridized carbons (Fsp3) is 0.133. The molecule has 2 aromatic carbocycles. The minimum atomic E-state index is -0.987. The summed E-state index contributed by atoms with van der Waals surface area (Å²) >= 11 is 0. The first-order valence-electron chi connectivity index (χ1n) is 13.0. The van der Waals surface area contributed by atoms with E-state index in [0.29, 0.717) is 11.5 Å². The Morgan fingerprint density at radius 3 is 1.34 bits per heavy atom. The molecule has 0 amide bonds. The maximum atomic E-state index is 13.8. The van der Waals surface area contributed by atoms with Gasteiger partial charge in [-0.05, 0) is 35.4 Å². The van der Waals surface area contributed by atoms with Crippen LogP contribution in [0, 0.1) is 11.6 Å². The molecule has 0 aliphatic rings. The van der Waals surface area contributed by atoms with Gasteiger partial charge in [0.25, 0.3) is 11.1 Å². The van der Waals surface area contributed by atoms with Gasteiger partial charge >= 0.3 is 0 Å². The summed E-state index contributed by atoms with van der Waals surface area (Å²) in [4.78, 5) is 59.6. The van der Waals surface area contributed by atoms with Crippen LogP contribution in [0.15, 0.2) is 92.8 Å². The van der Waals surface area contributed by atoms with E-state index >= 15 is 0 Å². The van der Waals surface area contributed by atoms with Crippen LogP contribution in [-0.4, -0.2) is 43.3 Å². The van der Waals surface area contributed by atoms with E-state index in [-0.39, 0.29) is 35.2 Å². The molecule has 224 valence electrons. The van der Waals surface area contributed by atoms with Crippen molar-refractivity contribution < 1.29 is 18.3 Å². The molecule has 0 aliphatic carbocycles. The van der Waals surface area contributed by atoms with E-state index in [9.17, 15) is 28.0 Å². The van der Waals surface area contributed by atoms with Crippen LogP contribution in [0.5, 0.6) is 11.5 Å². The lowest BCUT2D eigenvalue weighted by Crippen LogP contribution is -2.23. The second-order valence-electron chi connectivity index (χ2n) is 9.42. The number of pyridine rings is 2. The normalized spacial score (nSPS) is 10.8. The molecule has 6 rings (SSSR count). The van der Waals surface area contributed by atoms with Gasteiger partial charge in [-0.25, -0.2) is 18.7 Å². The molecule has 4 heterocycles.